The third-order valence-corrected chi connectivity index (χ3v) is 4.65. The van der Waals surface area contributed by atoms with Crippen LogP contribution in [0.1, 0.15) is 44.1 Å². The van der Waals surface area contributed by atoms with Crippen molar-refractivity contribution in [2.75, 3.05) is 7.11 Å². The Morgan fingerprint density at radius 3 is 2.48 bits per heavy atom. The summed E-state index contributed by atoms with van der Waals surface area (Å²) in [6.07, 6.45) is 6.57. The van der Waals surface area contributed by atoms with Crippen molar-refractivity contribution in [2.45, 2.75) is 56.6 Å². The van der Waals surface area contributed by atoms with Gasteiger partial charge in [0.25, 0.3) is 0 Å². The van der Waals surface area contributed by atoms with Gasteiger partial charge in [-0.2, -0.15) is 0 Å². The van der Waals surface area contributed by atoms with Crippen LogP contribution in [0.5, 0.6) is 0 Å². The zero-order valence-corrected chi connectivity index (χ0v) is 12.5. The summed E-state index contributed by atoms with van der Waals surface area (Å²) < 4.78 is 33.0. The number of hydrogen-bond donors (Lipinski definition) is 2. The van der Waals surface area contributed by atoms with Crippen molar-refractivity contribution in [3.05, 3.63) is 35.4 Å². The van der Waals surface area contributed by atoms with E-state index in [1.807, 2.05) is 0 Å². The van der Waals surface area contributed by atoms with Crippen molar-refractivity contribution < 1.29 is 13.5 Å². The van der Waals surface area contributed by atoms with Crippen molar-refractivity contribution >= 4 is 0 Å². The van der Waals surface area contributed by atoms with E-state index in [1.54, 1.807) is 13.2 Å². The Morgan fingerprint density at radius 1 is 1.24 bits per heavy atom. The van der Waals surface area contributed by atoms with E-state index in [0.717, 1.165) is 31.7 Å². The molecule has 0 aliphatic heterocycles. The molecule has 3 N–H and O–H groups in total. The second kappa shape index (κ2) is 7.29. The number of rotatable bonds is 5. The molecule has 0 amide bonds. The molecule has 1 aliphatic rings. The predicted octanol–water partition coefficient (Wildman–Crippen LogP) is 3.08. The molecular weight excluding hydrogens is 274 g/mol. The number of nitrogens with two attached hydrogens (primary N) is 1. The van der Waals surface area contributed by atoms with Gasteiger partial charge in [-0.1, -0.05) is 37.8 Å². The van der Waals surface area contributed by atoms with Gasteiger partial charge < -0.3 is 4.74 Å². The van der Waals surface area contributed by atoms with E-state index in [-0.39, 0.29) is 6.04 Å². The number of hydrogen-bond acceptors (Lipinski definition) is 3. The van der Waals surface area contributed by atoms with Crippen LogP contribution in [0, 0.1) is 11.6 Å². The zero-order chi connectivity index (χ0) is 15.3. The number of benzene rings is 1. The lowest BCUT2D eigenvalue weighted by atomic mass is 9.83. The van der Waals surface area contributed by atoms with Gasteiger partial charge in [-0.25, -0.2) is 8.78 Å². The molecule has 0 saturated heterocycles. The molecule has 1 saturated carbocycles. The van der Waals surface area contributed by atoms with Crippen LogP contribution < -0.4 is 11.3 Å². The maximum absolute atomic E-state index is 13.9. The van der Waals surface area contributed by atoms with Crippen molar-refractivity contribution in [2.24, 2.45) is 5.84 Å². The maximum atomic E-state index is 13.9. The monoisotopic (exact) mass is 298 g/mol. The van der Waals surface area contributed by atoms with Crippen LogP contribution >= 0.6 is 0 Å². The highest BCUT2D eigenvalue weighted by Gasteiger charge is 2.39. The van der Waals surface area contributed by atoms with Crippen molar-refractivity contribution in [1.82, 2.24) is 5.43 Å². The minimum absolute atomic E-state index is 0.239. The molecule has 1 atom stereocenters. The summed E-state index contributed by atoms with van der Waals surface area (Å²) in [5.74, 6) is 4.09. The Labute approximate surface area is 124 Å². The summed E-state index contributed by atoms with van der Waals surface area (Å²) in [5.41, 5.74) is 2.69. The van der Waals surface area contributed by atoms with E-state index in [9.17, 15) is 8.78 Å². The van der Waals surface area contributed by atoms with Crippen LogP contribution in [0.3, 0.4) is 0 Å². The second-order valence-corrected chi connectivity index (χ2v) is 5.82. The molecule has 1 unspecified atom stereocenters. The van der Waals surface area contributed by atoms with Gasteiger partial charge in [0.1, 0.15) is 0 Å². The number of halogens is 2. The van der Waals surface area contributed by atoms with Crippen molar-refractivity contribution in [3.63, 3.8) is 0 Å². The van der Waals surface area contributed by atoms with E-state index in [2.05, 4.69) is 5.43 Å². The lowest BCUT2D eigenvalue weighted by molar-refractivity contribution is -0.0529. The minimum atomic E-state index is -0.824. The third kappa shape index (κ3) is 3.59. The molecule has 5 heteroatoms. The number of nitrogens with one attached hydrogen (secondary N) is 1. The molecule has 0 radical (unpaired) electrons. The molecule has 0 heterocycles. The van der Waals surface area contributed by atoms with Crippen LogP contribution in [0.2, 0.25) is 0 Å². The molecule has 118 valence electrons. The first-order valence-corrected chi connectivity index (χ1v) is 7.57. The standard InChI is InChI=1S/C16H24F2N2O/c1-21-16(9-4-2-3-5-10-16)14(20-19)11-12-7-6-8-13(17)15(12)18/h6-8,14,20H,2-5,9-11,19H2,1H3. The number of methoxy groups -OCH3 is 1. The summed E-state index contributed by atoms with van der Waals surface area (Å²) in [6.45, 7) is 0. The van der Waals surface area contributed by atoms with Gasteiger partial charge in [-0.05, 0) is 30.9 Å². The molecule has 1 aromatic carbocycles. The van der Waals surface area contributed by atoms with Crippen LogP contribution in [-0.2, 0) is 11.2 Å². The maximum Gasteiger partial charge on any atom is 0.162 e. The highest BCUT2D eigenvalue weighted by molar-refractivity contribution is 5.21. The van der Waals surface area contributed by atoms with Crippen molar-refractivity contribution in [3.8, 4) is 0 Å². The van der Waals surface area contributed by atoms with Gasteiger partial charge >= 0.3 is 0 Å². The first-order chi connectivity index (χ1) is 10.1. The predicted molar refractivity (Wildman–Crippen MR) is 78.6 cm³/mol. The molecule has 0 aromatic heterocycles. The van der Waals surface area contributed by atoms with Crippen LogP contribution in [0.15, 0.2) is 18.2 Å². The Hall–Kier alpha value is -1.04. The van der Waals surface area contributed by atoms with Gasteiger partial charge in [-0.15, -0.1) is 0 Å². The van der Waals surface area contributed by atoms with E-state index in [4.69, 9.17) is 10.6 Å². The Morgan fingerprint density at radius 2 is 1.90 bits per heavy atom. The average Bonchev–Trinajstić information content (AvgIpc) is 2.75. The summed E-state index contributed by atoms with van der Waals surface area (Å²) >= 11 is 0. The van der Waals surface area contributed by atoms with E-state index in [0.29, 0.717) is 12.0 Å². The van der Waals surface area contributed by atoms with Crippen LogP contribution in [0.4, 0.5) is 8.78 Å². The topological polar surface area (TPSA) is 47.3 Å². The van der Waals surface area contributed by atoms with Gasteiger partial charge in [0.05, 0.1) is 11.6 Å². The Balaban J connectivity index is 2.22. The first-order valence-electron chi connectivity index (χ1n) is 7.57. The average molecular weight is 298 g/mol. The lowest BCUT2D eigenvalue weighted by Gasteiger charge is -2.39. The third-order valence-electron chi connectivity index (χ3n) is 4.65. The molecule has 0 bridgehead atoms. The van der Waals surface area contributed by atoms with E-state index in [1.165, 1.54) is 18.9 Å². The fourth-order valence-corrected chi connectivity index (χ4v) is 3.34. The van der Waals surface area contributed by atoms with Crippen LogP contribution in [-0.4, -0.2) is 18.8 Å². The first kappa shape index (κ1) is 16.3. The molecular formula is C16H24F2N2O. The summed E-state index contributed by atoms with van der Waals surface area (Å²) in [7, 11) is 1.68. The highest BCUT2D eigenvalue weighted by atomic mass is 19.2. The molecule has 1 fully saturated rings. The van der Waals surface area contributed by atoms with E-state index >= 15 is 0 Å². The largest absolute Gasteiger partial charge is 0.377 e. The lowest BCUT2D eigenvalue weighted by Crippen LogP contribution is -2.55. The smallest absolute Gasteiger partial charge is 0.162 e. The minimum Gasteiger partial charge on any atom is -0.377 e. The fourth-order valence-electron chi connectivity index (χ4n) is 3.34. The molecule has 1 aliphatic carbocycles. The molecule has 1 aromatic rings. The zero-order valence-electron chi connectivity index (χ0n) is 12.5. The normalized spacial score (nSPS) is 20.0. The molecule has 21 heavy (non-hydrogen) atoms. The van der Waals surface area contributed by atoms with Gasteiger partial charge in [-0.3, -0.25) is 11.3 Å². The quantitative estimate of drug-likeness (QED) is 0.499. The molecule has 3 nitrogen and oxygen atoms in total. The van der Waals surface area contributed by atoms with Crippen LogP contribution in [0.25, 0.3) is 0 Å². The Bertz CT molecular complexity index is 460. The SMILES string of the molecule is COC1(C(Cc2cccc(F)c2F)NN)CCCCCC1. The summed E-state index contributed by atoms with van der Waals surface area (Å²) in [5, 5.41) is 0. The fraction of sp³-hybridized carbons (Fsp3) is 0.625. The highest BCUT2D eigenvalue weighted by Crippen LogP contribution is 2.34. The van der Waals surface area contributed by atoms with E-state index < -0.39 is 17.2 Å². The Kier molecular flexibility index (Phi) is 5.67. The molecule has 0 spiro atoms. The molecule has 2 rings (SSSR count). The summed E-state index contributed by atoms with van der Waals surface area (Å²) in [4.78, 5) is 0. The van der Waals surface area contributed by atoms with Gasteiger partial charge in [0, 0.05) is 7.11 Å². The van der Waals surface area contributed by atoms with Crippen molar-refractivity contribution in [1.29, 1.82) is 0 Å². The van der Waals surface area contributed by atoms with Gasteiger partial charge in [0.15, 0.2) is 11.6 Å². The number of ether oxygens (including phenoxy) is 1. The van der Waals surface area contributed by atoms with Gasteiger partial charge in [0.2, 0.25) is 0 Å². The summed E-state index contributed by atoms with van der Waals surface area (Å²) in [6, 6.07) is 4.01. The second-order valence-electron chi connectivity index (χ2n) is 5.82. The number of hydrazine groups is 1.